The maximum atomic E-state index is 4.92. The molecule has 0 spiro atoms. The van der Waals surface area contributed by atoms with Gasteiger partial charge in [-0.15, -0.1) is 0 Å². The third-order valence-electron chi connectivity index (χ3n) is 4.95. The second kappa shape index (κ2) is 5.82. The molecule has 4 rings (SSSR count). The highest BCUT2D eigenvalue weighted by Gasteiger charge is 2.29. The Morgan fingerprint density at radius 2 is 2.00 bits per heavy atom. The Morgan fingerprint density at radius 3 is 2.83 bits per heavy atom. The number of nitrogens with zero attached hydrogens (tertiary/aromatic N) is 3. The maximum absolute atomic E-state index is 4.92. The van der Waals surface area contributed by atoms with Crippen LogP contribution in [0, 0.1) is 6.92 Å². The molecule has 1 atom stereocenters. The van der Waals surface area contributed by atoms with Crippen LogP contribution in [0.1, 0.15) is 35.8 Å². The number of imidazole rings is 1. The average molecular weight is 305 g/mol. The zero-order chi connectivity index (χ0) is 15.8. The van der Waals surface area contributed by atoms with Crippen molar-refractivity contribution in [3.63, 3.8) is 0 Å². The van der Waals surface area contributed by atoms with Crippen molar-refractivity contribution in [3.8, 4) is 0 Å². The molecular weight excluding hydrogens is 282 g/mol. The molecule has 0 N–H and O–H groups in total. The van der Waals surface area contributed by atoms with Crippen molar-refractivity contribution < 1.29 is 0 Å². The lowest BCUT2D eigenvalue weighted by atomic mass is 10.1. The van der Waals surface area contributed by atoms with Gasteiger partial charge in [0.05, 0.1) is 17.1 Å². The molecule has 3 heteroatoms. The first-order valence-corrected chi connectivity index (χ1v) is 8.43. The van der Waals surface area contributed by atoms with E-state index in [2.05, 4.69) is 72.0 Å². The van der Waals surface area contributed by atoms with E-state index < -0.39 is 0 Å². The van der Waals surface area contributed by atoms with Crippen molar-refractivity contribution in [2.75, 3.05) is 6.54 Å². The van der Waals surface area contributed by atoms with E-state index in [1.165, 1.54) is 35.3 Å². The van der Waals surface area contributed by atoms with Crippen LogP contribution in [-0.4, -0.2) is 21.0 Å². The molecule has 0 unspecified atom stereocenters. The highest BCUT2D eigenvalue weighted by atomic mass is 15.2. The van der Waals surface area contributed by atoms with Crippen LogP contribution in [0.15, 0.2) is 48.5 Å². The molecule has 1 aliphatic rings. The normalized spacial score (nSPS) is 18.8. The number of benzene rings is 2. The minimum atomic E-state index is 0.424. The summed E-state index contributed by atoms with van der Waals surface area (Å²) < 4.78 is 2.27. The Kier molecular flexibility index (Phi) is 3.66. The highest BCUT2D eigenvalue weighted by molar-refractivity contribution is 5.75. The molecule has 0 aliphatic carbocycles. The molecule has 118 valence electrons. The number of likely N-dealkylation sites (tertiary alicyclic amines) is 1. The molecule has 1 saturated heterocycles. The summed E-state index contributed by atoms with van der Waals surface area (Å²) in [6, 6.07) is 17.7. The Morgan fingerprint density at radius 1 is 1.13 bits per heavy atom. The Hall–Kier alpha value is -2.13. The van der Waals surface area contributed by atoms with Crippen LogP contribution < -0.4 is 0 Å². The molecule has 1 aromatic heterocycles. The van der Waals surface area contributed by atoms with Crippen molar-refractivity contribution in [1.29, 1.82) is 0 Å². The quantitative estimate of drug-likeness (QED) is 0.722. The van der Waals surface area contributed by atoms with Gasteiger partial charge in [0.1, 0.15) is 5.82 Å². The summed E-state index contributed by atoms with van der Waals surface area (Å²) in [7, 11) is 2.15. The summed E-state index contributed by atoms with van der Waals surface area (Å²) in [4.78, 5) is 7.50. The van der Waals surface area contributed by atoms with Gasteiger partial charge in [0.25, 0.3) is 0 Å². The Bertz CT molecular complexity index is 834. The minimum Gasteiger partial charge on any atom is -0.330 e. The van der Waals surface area contributed by atoms with E-state index in [9.17, 15) is 0 Å². The summed E-state index contributed by atoms with van der Waals surface area (Å²) in [6.45, 7) is 4.33. The van der Waals surface area contributed by atoms with Crippen LogP contribution in [0.4, 0.5) is 0 Å². The summed E-state index contributed by atoms with van der Waals surface area (Å²) in [5, 5.41) is 0. The lowest BCUT2D eigenvalue weighted by molar-refractivity contribution is 0.237. The van der Waals surface area contributed by atoms with Gasteiger partial charge < -0.3 is 4.57 Å². The van der Waals surface area contributed by atoms with E-state index in [1.807, 2.05) is 0 Å². The van der Waals surface area contributed by atoms with Gasteiger partial charge in [0, 0.05) is 13.6 Å². The van der Waals surface area contributed by atoms with Crippen LogP contribution in [-0.2, 0) is 13.6 Å². The summed E-state index contributed by atoms with van der Waals surface area (Å²) in [6.07, 6.45) is 2.45. The SMILES string of the molecule is Cc1cccc(CN2CCC[C@H]2c2nc3ccccc3n2C)c1. The first-order chi connectivity index (χ1) is 11.2. The molecule has 2 heterocycles. The van der Waals surface area contributed by atoms with Crippen molar-refractivity contribution in [3.05, 3.63) is 65.5 Å². The first-order valence-electron chi connectivity index (χ1n) is 8.43. The van der Waals surface area contributed by atoms with Gasteiger partial charge >= 0.3 is 0 Å². The third-order valence-corrected chi connectivity index (χ3v) is 4.95. The van der Waals surface area contributed by atoms with Crippen molar-refractivity contribution in [2.45, 2.75) is 32.4 Å². The van der Waals surface area contributed by atoms with Crippen LogP contribution >= 0.6 is 0 Å². The molecule has 1 fully saturated rings. The maximum Gasteiger partial charge on any atom is 0.127 e. The minimum absolute atomic E-state index is 0.424. The summed E-state index contributed by atoms with van der Waals surface area (Å²) in [5.74, 6) is 1.20. The van der Waals surface area contributed by atoms with Gasteiger partial charge in [-0.05, 0) is 44.0 Å². The number of aromatic nitrogens is 2. The van der Waals surface area contributed by atoms with Crippen LogP contribution in [0.3, 0.4) is 0 Å². The monoisotopic (exact) mass is 305 g/mol. The lowest BCUT2D eigenvalue weighted by Crippen LogP contribution is -2.24. The lowest BCUT2D eigenvalue weighted by Gasteiger charge is -2.24. The topological polar surface area (TPSA) is 21.1 Å². The van der Waals surface area contributed by atoms with E-state index >= 15 is 0 Å². The fourth-order valence-corrected chi connectivity index (χ4v) is 3.81. The zero-order valence-corrected chi connectivity index (χ0v) is 13.9. The molecule has 0 bridgehead atoms. The van der Waals surface area contributed by atoms with Gasteiger partial charge in [0.2, 0.25) is 0 Å². The molecule has 0 radical (unpaired) electrons. The second-order valence-corrected chi connectivity index (χ2v) is 6.64. The fourth-order valence-electron chi connectivity index (χ4n) is 3.81. The van der Waals surface area contributed by atoms with E-state index in [0.29, 0.717) is 6.04 Å². The third kappa shape index (κ3) is 2.66. The van der Waals surface area contributed by atoms with Gasteiger partial charge in [-0.25, -0.2) is 4.98 Å². The molecule has 0 amide bonds. The number of hydrogen-bond acceptors (Lipinski definition) is 2. The Balaban J connectivity index is 1.65. The van der Waals surface area contributed by atoms with Crippen LogP contribution in [0.5, 0.6) is 0 Å². The Labute approximate surface area is 137 Å². The number of hydrogen-bond donors (Lipinski definition) is 0. The van der Waals surface area contributed by atoms with Crippen molar-refractivity contribution in [1.82, 2.24) is 14.5 Å². The number of fused-ring (bicyclic) bond motifs is 1. The number of rotatable bonds is 3. The average Bonchev–Trinajstić information content (AvgIpc) is 3.12. The molecule has 2 aromatic carbocycles. The number of para-hydroxylation sites is 2. The zero-order valence-electron chi connectivity index (χ0n) is 13.9. The number of aryl methyl sites for hydroxylation is 2. The van der Waals surface area contributed by atoms with Crippen molar-refractivity contribution in [2.24, 2.45) is 7.05 Å². The largest absolute Gasteiger partial charge is 0.330 e. The molecule has 3 aromatic rings. The molecule has 0 saturated carbocycles. The highest BCUT2D eigenvalue weighted by Crippen LogP contribution is 2.34. The molecular formula is C20H23N3. The van der Waals surface area contributed by atoms with E-state index in [4.69, 9.17) is 4.98 Å². The second-order valence-electron chi connectivity index (χ2n) is 6.64. The molecule has 3 nitrogen and oxygen atoms in total. The smallest absolute Gasteiger partial charge is 0.127 e. The van der Waals surface area contributed by atoms with Gasteiger partial charge in [0.15, 0.2) is 0 Å². The summed E-state index contributed by atoms with van der Waals surface area (Å²) >= 11 is 0. The molecule has 1 aliphatic heterocycles. The first kappa shape index (κ1) is 14.5. The fraction of sp³-hybridized carbons (Fsp3) is 0.350. The van der Waals surface area contributed by atoms with E-state index in [1.54, 1.807) is 0 Å². The van der Waals surface area contributed by atoms with Crippen LogP contribution in [0.2, 0.25) is 0 Å². The van der Waals surface area contributed by atoms with Crippen molar-refractivity contribution >= 4 is 11.0 Å². The van der Waals surface area contributed by atoms with Gasteiger partial charge in [-0.1, -0.05) is 42.0 Å². The predicted octanol–water partition coefficient (Wildman–Crippen LogP) is 4.22. The standard InChI is InChI=1S/C20H23N3/c1-15-7-5-8-16(13-15)14-23-12-6-11-19(23)20-21-17-9-3-4-10-18(17)22(20)2/h3-5,7-10,13,19H,6,11-12,14H2,1-2H3/t19-/m0/s1. The summed E-state index contributed by atoms with van der Waals surface area (Å²) in [5.41, 5.74) is 5.06. The van der Waals surface area contributed by atoms with Gasteiger partial charge in [-0.3, -0.25) is 4.90 Å². The van der Waals surface area contributed by atoms with E-state index in [0.717, 1.165) is 18.6 Å². The predicted molar refractivity (Wildman–Crippen MR) is 94.3 cm³/mol. The molecule has 23 heavy (non-hydrogen) atoms. The van der Waals surface area contributed by atoms with E-state index in [-0.39, 0.29) is 0 Å². The van der Waals surface area contributed by atoms with Crippen LogP contribution in [0.25, 0.3) is 11.0 Å². The van der Waals surface area contributed by atoms with Gasteiger partial charge in [-0.2, -0.15) is 0 Å².